The molecule has 0 radical (unpaired) electrons. The molecule has 0 saturated carbocycles. The number of hydrogen-bond donors (Lipinski definition) is 2. The molecule has 10 heteroatoms. The molecule has 9 nitrogen and oxygen atoms in total. The first-order chi connectivity index (χ1) is 21.3. The molecule has 3 heterocycles. The Kier molecular flexibility index (Phi) is 9.51. The van der Waals surface area contributed by atoms with E-state index >= 15 is 0 Å². The number of carbonyl (C=O) groups is 1. The van der Waals surface area contributed by atoms with Gasteiger partial charge in [-0.15, -0.1) is 0 Å². The van der Waals surface area contributed by atoms with Gasteiger partial charge >= 0.3 is 0 Å². The van der Waals surface area contributed by atoms with Crippen molar-refractivity contribution < 1.29 is 14.3 Å². The maximum atomic E-state index is 12.5. The number of carbonyl (C=O) groups excluding carboxylic acids is 1. The van der Waals surface area contributed by atoms with Crippen molar-refractivity contribution in [2.45, 2.75) is 39.8 Å². The van der Waals surface area contributed by atoms with Crippen molar-refractivity contribution in [1.82, 2.24) is 14.9 Å². The molecule has 1 aliphatic heterocycles. The molecule has 5 rings (SSSR count). The number of amides is 1. The molecule has 1 saturated heterocycles. The van der Waals surface area contributed by atoms with Gasteiger partial charge < -0.3 is 34.5 Å². The summed E-state index contributed by atoms with van der Waals surface area (Å²) in [7, 11) is 3.06. The summed E-state index contributed by atoms with van der Waals surface area (Å²) in [6.45, 7) is 10.5. The van der Waals surface area contributed by atoms with E-state index in [9.17, 15) is 4.79 Å². The predicted molar refractivity (Wildman–Crippen MR) is 180 cm³/mol. The fraction of sp³-hybridized carbons (Fsp3) is 0.324. The molecule has 2 atom stereocenters. The third-order valence-electron chi connectivity index (χ3n) is 8.13. The Balaban J connectivity index is 1.61. The highest BCUT2D eigenvalue weighted by atomic mass is 32.1. The summed E-state index contributed by atoms with van der Waals surface area (Å²) < 4.78 is 12.9. The van der Waals surface area contributed by atoms with Crippen molar-refractivity contribution in [2.24, 2.45) is 0 Å². The molecule has 2 aromatic heterocycles. The molecule has 0 aliphatic carbocycles. The van der Waals surface area contributed by atoms with E-state index in [1.165, 1.54) is 12.8 Å². The Hall–Kier alpha value is -4.41. The van der Waals surface area contributed by atoms with Crippen LogP contribution in [0, 0.1) is 13.8 Å². The Morgan fingerprint density at radius 3 is 2.39 bits per heavy atom. The minimum Gasteiger partial charge on any atom is -0.495 e. The fourth-order valence-corrected chi connectivity index (χ4v) is 6.44. The Morgan fingerprint density at radius 1 is 1.02 bits per heavy atom. The van der Waals surface area contributed by atoms with Crippen molar-refractivity contribution in [3.05, 3.63) is 95.6 Å². The molecule has 2 aromatic carbocycles. The van der Waals surface area contributed by atoms with E-state index in [0.29, 0.717) is 16.5 Å². The number of anilines is 3. The van der Waals surface area contributed by atoms with Gasteiger partial charge in [0.2, 0.25) is 5.91 Å². The number of nitrogens with one attached hydrogen (secondary N) is 2. The molecular formula is C34H40N6O3S. The van der Waals surface area contributed by atoms with Gasteiger partial charge in [-0.05, 0) is 106 Å². The van der Waals surface area contributed by atoms with Crippen molar-refractivity contribution in [3.63, 3.8) is 0 Å². The maximum Gasteiger partial charge on any atom is 0.250 e. The Labute approximate surface area is 264 Å². The molecule has 4 aromatic rings. The smallest absolute Gasteiger partial charge is 0.250 e. The summed E-state index contributed by atoms with van der Waals surface area (Å²) in [6.07, 6.45) is 1.80. The summed E-state index contributed by atoms with van der Waals surface area (Å²) in [5.74, 6) is 0.268. The molecule has 2 N–H and O–H groups in total. The van der Waals surface area contributed by atoms with Gasteiger partial charge in [-0.2, -0.15) is 0 Å². The minimum absolute atomic E-state index is 0.0661. The second-order valence-corrected chi connectivity index (χ2v) is 11.1. The van der Waals surface area contributed by atoms with E-state index in [-0.39, 0.29) is 24.6 Å². The summed E-state index contributed by atoms with van der Waals surface area (Å²) >= 11 is 5.99. The van der Waals surface area contributed by atoms with Crippen LogP contribution in [0.1, 0.15) is 48.6 Å². The van der Waals surface area contributed by atoms with Crippen LogP contribution in [0.3, 0.4) is 0 Å². The molecule has 0 bridgehead atoms. The lowest BCUT2D eigenvalue weighted by Gasteiger charge is -2.29. The SMILES string of the molecule is CCN(CC)c1ccc(-n2c(C)cc([C@H]3[C@H](c4ccccn4)NC(=S)N3c3ccc(OC)c(NC(=O)COC)c3)c2C)cc1. The highest BCUT2D eigenvalue weighted by Crippen LogP contribution is 2.45. The highest BCUT2D eigenvalue weighted by molar-refractivity contribution is 7.80. The Bertz CT molecular complexity index is 1620. The zero-order valence-corrected chi connectivity index (χ0v) is 26.9. The van der Waals surface area contributed by atoms with Crippen molar-refractivity contribution in [1.29, 1.82) is 0 Å². The first-order valence-electron chi connectivity index (χ1n) is 14.8. The molecule has 0 unspecified atom stereocenters. The number of ether oxygens (including phenoxy) is 2. The number of nitrogens with zero attached hydrogens (tertiary/aromatic N) is 4. The van der Waals surface area contributed by atoms with Crippen LogP contribution in [0.5, 0.6) is 5.75 Å². The van der Waals surface area contributed by atoms with E-state index in [0.717, 1.165) is 47.1 Å². The monoisotopic (exact) mass is 612 g/mol. The van der Waals surface area contributed by atoms with Crippen LogP contribution in [0.4, 0.5) is 17.1 Å². The largest absolute Gasteiger partial charge is 0.495 e. The van der Waals surface area contributed by atoms with Crippen LogP contribution in [-0.2, 0) is 9.53 Å². The molecule has 0 spiro atoms. The normalized spacial score (nSPS) is 16.1. The van der Waals surface area contributed by atoms with Crippen LogP contribution in [0.25, 0.3) is 5.69 Å². The van der Waals surface area contributed by atoms with Crippen molar-refractivity contribution in [2.75, 3.05) is 49.0 Å². The zero-order valence-electron chi connectivity index (χ0n) is 26.1. The van der Waals surface area contributed by atoms with E-state index in [1.807, 2.05) is 36.4 Å². The predicted octanol–water partition coefficient (Wildman–Crippen LogP) is 6.11. The first-order valence-corrected chi connectivity index (χ1v) is 15.2. The number of benzene rings is 2. The van der Waals surface area contributed by atoms with E-state index in [1.54, 1.807) is 13.3 Å². The van der Waals surface area contributed by atoms with Crippen LogP contribution < -0.4 is 25.2 Å². The molecule has 230 valence electrons. The van der Waals surface area contributed by atoms with E-state index in [4.69, 9.17) is 26.7 Å². The van der Waals surface area contributed by atoms with Crippen molar-refractivity contribution >= 4 is 40.3 Å². The van der Waals surface area contributed by atoms with Crippen molar-refractivity contribution in [3.8, 4) is 11.4 Å². The van der Waals surface area contributed by atoms with E-state index < -0.39 is 0 Å². The second-order valence-electron chi connectivity index (χ2n) is 10.7. The van der Waals surface area contributed by atoms with Gasteiger partial charge in [-0.3, -0.25) is 9.78 Å². The average Bonchev–Trinajstić information content (AvgIpc) is 3.53. The lowest BCUT2D eigenvalue weighted by atomic mass is 9.96. The van der Waals surface area contributed by atoms with Gasteiger partial charge in [0, 0.05) is 54.8 Å². The average molecular weight is 613 g/mol. The number of aromatic nitrogens is 2. The van der Waals surface area contributed by atoms with Gasteiger partial charge in [0.05, 0.1) is 30.6 Å². The third kappa shape index (κ3) is 6.00. The lowest BCUT2D eigenvalue weighted by Crippen LogP contribution is -2.29. The number of aryl methyl sites for hydroxylation is 1. The third-order valence-corrected chi connectivity index (χ3v) is 8.45. The summed E-state index contributed by atoms with van der Waals surface area (Å²) in [5, 5.41) is 7.02. The number of methoxy groups -OCH3 is 2. The maximum absolute atomic E-state index is 12.5. The zero-order chi connectivity index (χ0) is 31.4. The first kappa shape index (κ1) is 31.0. The number of rotatable bonds is 11. The number of thiocarbonyl (C=S) groups is 1. The number of pyridine rings is 1. The topological polar surface area (TPSA) is 83.9 Å². The van der Waals surface area contributed by atoms with Crippen LogP contribution >= 0.6 is 12.2 Å². The van der Waals surface area contributed by atoms with E-state index in [2.05, 4.69) is 83.0 Å². The van der Waals surface area contributed by atoms with Gasteiger partial charge in [0.1, 0.15) is 12.4 Å². The molecular weight excluding hydrogens is 572 g/mol. The standard InChI is InChI=1S/C34H40N6O3S/c1-7-38(8-2)24-12-14-25(15-13-24)39-22(3)19-27(23(39)4)33-32(28-11-9-10-18-35-28)37-34(44)40(33)26-16-17-30(43-6)29(20-26)36-31(41)21-42-5/h9-20,32-33H,7-8,21H2,1-6H3,(H,36,41)(H,37,44)/t32-,33-/m0/s1. The summed E-state index contributed by atoms with van der Waals surface area (Å²) in [5.41, 5.74) is 7.90. The summed E-state index contributed by atoms with van der Waals surface area (Å²) in [6, 6.07) is 22.2. The van der Waals surface area contributed by atoms with Gasteiger partial charge in [-0.25, -0.2) is 0 Å². The minimum atomic E-state index is -0.274. The molecule has 1 amide bonds. The van der Waals surface area contributed by atoms with Gasteiger partial charge in [0.25, 0.3) is 0 Å². The number of hydrogen-bond acceptors (Lipinski definition) is 6. The van der Waals surface area contributed by atoms with Gasteiger partial charge in [-0.1, -0.05) is 6.07 Å². The van der Waals surface area contributed by atoms with Crippen LogP contribution in [-0.4, -0.2) is 54.5 Å². The molecule has 44 heavy (non-hydrogen) atoms. The van der Waals surface area contributed by atoms with Gasteiger partial charge in [0.15, 0.2) is 5.11 Å². The highest BCUT2D eigenvalue weighted by Gasteiger charge is 2.42. The molecule has 1 aliphatic rings. The fourth-order valence-electron chi connectivity index (χ4n) is 6.10. The quantitative estimate of drug-likeness (QED) is 0.197. The lowest BCUT2D eigenvalue weighted by molar-refractivity contribution is -0.119. The van der Waals surface area contributed by atoms with Crippen LogP contribution in [0.2, 0.25) is 0 Å². The second kappa shape index (κ2) is 13.5. The van der Waals surface area contributed by atoms with Crippen LogP contribution in [0.15, 0.2) is 72.9 Å². The Morgan fingerprint density at radius 2 is 1.75 bits per heavy atom. The summed E-state index contributed by atoms with van der Waals surface area (Å²) in [4.78, 5) is 21.6. The molecule has 1 fully saturated rings.